The SMILES string of the molecule is CC(C)CC(C)(CN)n1cncc1-c1ccc(Br)cc1. The summed E-state index contributed by atoms with van der Waals surface area (Å²) in [4.78, 5) is 4.34. The third-order valence-corrected chi connectivity index (χ3v) is 4.18. The molecule has 1 aromatic heterocycles. The minimum atomic E-state index is -0.104. The molecule has 0 spiro atoms. The highest BCUT2D eigenvalue weighted by Gasteiger charge is 2.28. The highest BCUT2D eigenvalue weighted by Crippen LogP contribution is 2.30. The highest BCUT2D eigenvalue weighted by molar-refractivity contribution is 9.10. The van der Waals surface area contributed by atoms with E-state index >= 15 is 0 Å². The maximum atomic E-state index is 6.06. The molecule has 0 aliphatic carbocycles. The molecular weight excluding hydrogens is 314 g/mol. The maximum absolute atomic E-state index is 6.06. The lowest BCUT2D eigenvalue weighted by Crippen LogP contribution is -2.39. The molecule has 0 saturated carbocycles. The highest BCUT2D eigenvalue weighted by atomic mass is 79.9. The van der Waals surface area contributed by atoms with E-state index in [9.17, 15) is 0 Å². The molecule has 0 fully saturated rings. The Hall–Kier alpha value is -1.13. The summed E-state index contributed by atoms with van der Waals surface area (Å²) in [5, 5.41) is 0. The molecule has 2 rings (SSSR count). The van der Waals surface area contributed by atoms with Crippen molar-refractivity contribution in [2.45, 2.75) is 32.7 Å². The number of hydrogen-bond acceptors (Lipinski definition) is 2. The second-order valence-electron chi connectivity index (χ2n) is 5.95. The second kappa shape index (κ2) is 6.10. The Morgan fingerprint density at radius 1 is 1.30 bits per heavy atom. The molecule has 20 heavy (non-hydrogen) atoms. The Bertz CT molecular complexity index is 559. The van der Waals surface area contributed by atoms with Gasteiger partial charge in [0.25, 0.3) is 0 Å². The van der Waals surface area contributed by atoms with Crippen molar-refractivity contribution in [2.24, 2.45) is 11.7 Å². The van der Waals surface area contributed by atoms with E-state index in [1.54, 1.807) is 0 Å². The molecule has 1 aromatic carbocycles. The summed E-state index contributed by atoms with van der Waals surface area (Å²) in [5.41, 5.74) is 8.24. The van der Waals surface area contributed by atoms with Crippen LogP contribution in [0.1, 0.15) is 27.2 Å². The van der Waals surface area contributed by atoms with E-state index in [4.69, 9.17) is 5.73 Å². The van der Waals surface area contributed by atoms with Crippen LogP contribution in [0.5, 0.6) is 0 Å². The first-order chi connectivity index (χ1) is 9.46. The first-order valence-electron chi connectivity index (χ1n) is 6.95. The van der Waals surface area contributed by atoms with Gasteiger partial charge in [-0.05, 0) is 37.0 Å². The quantitative estimate of drug-likeness (QED) is 0.896. The summed E-state index contributed by atoms with van der Waals surface area (Å²) in [6, 6.07) is 8.30. The van der Waals surface area contributed by atoms with Crippen LogP contribution in [0.25, 0.3) is 11.3 Å². The zero-order valence-electron chi connectivity index (χ0n) is 12.3. The molecule has 0 bridgehead atoms. The number of nitrogens with zero attached hydrogens (tertiary/aromatic N) is 2. The average molecular weight is 336 g/mol. The lowest BCUT2D eigenvalue weighted by atomic mass is 9.90. The van der Waals surface area contributed by atoms with Gasteiger partial charge < -0.3 is 10.3 Å². The average Bonchev–Trinajstić information content (AvgIpc) is 2.88. The van der Waals surface area contributed by atoms with Gasteiger partial charge in [0.15, 0.2) is 0 Å². The lowest BCUT2D eigenvalue weighted by molar-refractivity contribution is 0.267. The number of nitrogens with two attached hydrogens (primary N) is 1. The van der Waals surface area contributed by atoms with Gasteiger partial charge in [-0.1, -0.05) is 41.9 Å². The van der Waals surface area contributed by atoms with Crippen LogP contribution in [-0.4, -0.2) is 16.1 Å². The molecule has 1 atom stereocenters. The van der Waals surface area contributed by atoms with Crippen LogP contribution in [0.4, 0.5) is 0 Å². The Labute approximate surface area is 129 Å². The van der Waals surface area contributed by atoms with Gasteiger partial charge in [-0.3, -0.25) is 0 Å². The standard InChI is InChI=1S/C16H22BrN3/c1-12(2)8-16(3,10-18)20-11-19-9-15(20)13-4-6-14(17)7-5-13/h4-7,9,11-12H,8,10,18H2,1-3H3. The van der Waals surface area contributed by atoms with Gasteiger partial charge in [-0.25, -0.2) is 4.98 Å². The predicted molar refractivity (Wildman–Crippen MR) is 87.5 cm³/mol. The molecular formula is C16H22BrN3. The largest absolute Gasteiger partial charge is 0.328 e. The van der Waals surface area contributed by atoms with Crippen LogP contribution < -0.4 is 5.73 Å². The van der Waals surface area contributed by atoms with Crippen molar-refractivity contribution in [1.82, 2.24) is 9.55 Å². The fraction of sp³-hybridized carbons (Fsp3) is 0.438. The number of hydrogen-bond donors (Lipinski definition) is 1. The zero-order valence-corrected chi connectivity index (χ0v) is 13.9. The smallest absolute Gasteiger partial charge is 0.0956 e. The van der Waals surface area contributed by atoms with Gasteiger partial charge in [-0.15, -0.1) is 0 Å². The van der Waals surface area contributed by atoms with E-state index in [0.29, 0.717) is 12.5 Å². The molecule has 4 heteroatoms. The number of aromatic nitrogens is 2. The monoisotopic (exact) mass is 335 g/mol. The van der Waals surface area contributed by atoms with Crippen molar-refractivity contribution in [3.8, 4) is 11.3 Å². The summed E-state index contributed by atoms with van der Waals surface area (Å²) in [6.45, 7) is 7.26. The molecule has 3 nitrogen and oxygen atoms in total. The third-order valence-electron chi connectivity index (χ3n) is 3.65. The maximum Gasteiger partial charge on any atom is 0.0956 e. The van der Waals surface area contributed by atoms with E-state index in [0.717, 1.165) is 22.2 Å². The number of rotatable bonds is 5. The summed E-state index contributed by atoms with van der Waals surface area (Å²) in [5.74, 6) is 0.587. The van der Waals surface area contributed by atoms with Crippen molar-refractivity contribution in [3.63, 3.8) is 0 Å². The third kappa shape index (κ3) is 3.13. The van der Waals surface area contributed by atoms with Crippen molar-refractivity contribution in [1.29, 1.82) is 0 Å². The van der Waals surface area contributed by atoms with Gasteiger partial charge in [0.2, 0.25) is 0 Å². The molecule has 0 radical (unpaired) electrons. The van der Waals surface area contributed by atoms with E-state index in [-0.39, 0.29) is 5.54 Å². The first-order valence-corrected chi connectivity index (χ1v) is 7.74. The minimum Gasteiger partial charge on any atom is -0.328 e. The van der Waals surface area contributed by atoms with E-state index in [1.807, 2.05) is 12.5 Å². The second-order valence-corrected chi connectivity index (χ2v) is 6.87. The summed E-state index contributed by atoms with van der Waals surface area (Å²) in [7, 11) is 0. The van der Waals surface area contributed by atoms with E-state index in [1.165, 1.54) is 0 Å². The van der Waals surface area contributed by atoms with Gasteiger partial charge in [0.1, 0.15) is 0 Å². The normalized spacial score (nSPS) is 14.5. The van der Waals surface area contributed by atoms with Gasteiger partial charge in [0, 0.05) is 11.0 Å². The van der Waals surface area contributed by atoms with Crippen molar-refractivity contribution < 1.29 is 0 Å². The fourth-order valence-electron chi connectivity index (χ4n) is 2.72. The van der Waals surface area contributed by atoms with E-state index in [2.05, 4.69) is 70.5 Å². The fourth-order valence-corrected chi connectivity index (χ4v) is 2.98. The minimum absolute atomic E-state index is 0.104. The van der Waals surface area contributed by atoms with Crippen LogP contribution in [0.2, 0.25) is 0 Å². The van der Waals surface area contributed by atoms with Gasteiger partial charge in [-0.2, -0.15) is 0 Å². The lowest BCUT2D eigenvalue weighted by Gasteiger charge is -2.33. The molecule has 0 saturated heterocycles. The zero-order chi connectivity index (χ0) is 14.8. The van der Waals surface area contributed by atoms with Crippen LogP contribution >= 0.6 is 15.9 Å². The van der Waals surface area contributed by atoms with Crippen LogP contribution in [0, 0.1) is 5.92 Å². The Balaban J connectivity index is 2.43. The molecule has 2 N–H and O–H groups in total. The Morgan fingerprint density at radius 2 is 1.95 bits per heavy atom. The molecule has 0 aliphatic heterocycles. The van der Waals surface area contributed by atoms with Gasteiger partial charge >= 0.3 is 0 Å². The Morgan fingerprint density at radius 3 is 2.50 bits per heavy atom. The topological polar surface area (TPSA) is 43.8 Å². The van der Waals surface area contributed by atoms with Crippen LogP contribution in [-0.2, 0) is 5.54 Å². The van der Waals surface area contributed by atoms with Crippen LogP contribution in [0.15, 0.2) is 41.3 Å². The molecule has 1 unspecified atom stereocenters. The first kappa shape index (κ1) is 15.3. The predicted octanol–water partition coefficient (Wildman–Crippen LogP) is 4.03. The molecule has 0 aliphatic rings. The molecule has 108 valence electrons. The summed E-state index contributed by atoms with van der Waals surface area (Å²) >= 11 is 3.47. The summed E-state index contributed by atoms with van der Waals surface area (Å²) < 4.78 is 3.30. The number of imidazole rings is 1. The molecule has 2 aromatic rings. The van der Waals surface area contributed by atoms with Crippen molar-refractivity contribution in [2.75, 3.05) is 6.54 Å². The van der Waals surface area contributed by atoms with E-state index < -0.39 is 0 Å². The Kier molecular flexibility index (Phi) is 4.66. The van der Waals surface area contributed by atoms with Crippen molar-refractivity contribution >= 4 is 15.9 Å². The number of benzene rings is 1. The van der Waals surface area contributed by atoms with Gasteiger partial charge in [0.05, 0.1) is 23.8 Å². The summed E-state index contributed by atoms with van der Waals surface area (Å²) in [6.07, 6.45) is 4.84. The number of halogens is 1. The molecule has 0 amide bonds. The molecule has 1 heterocycles. The van der Waals surface area contributed by atoms with Crippen molar-refractivity contribution in [3.05, 3.63) is 41.3 Å². The van der Waals surface area contributed by atoms with Crippen LogP contribution in [0.3, 0.4) is 0 Å².